The van der Waals surface area contributed by atoms with Crippen molar-refractivity contribution in [2.24, 2.45) is 0 Å². The quantitative estimate of drug-likeness (QED) is 0.741. The van der Waals surface area contributed by atoms with E-state index in [1.165, 1.54) is 0 Å². The molecule has 2 aromatic heterocycles. The van der Waals surface area contributed by atoms with Crippen molar-refractivity contribution < 1.29 is 0 Å². The van der Waals surface area contributed by atoms with Crippen LogP contribution in [0.3, 0.4) is 0 Å². The molecule has 0 saturated carbocycles. The van der Waals surface area contributed by atoms with Crippen LogP contribution in [-0.4, -0.2) is 20.4 Å². The van der Waals surface area contributed by atoms with Gasteiger partial charge in [0.25, 0.3) is 0 Å². The smallest absolute Gasteiger partial charge is 0.0690 e. The zero-order chi connectivity index (χ0) is 12.7. The third-order valence-electron chi connectivity index (χ3n) is 1.62. The van der Waals surface area contributed by atoms with E-state index in [1.807, 2.05) is 54.9 Å². The molecule has 0 spiro atoms. The topological polar surface area (TPSA) is 66.5 Å². The molecule has 18 heavy (non-hydrogen) atoms. The third-order valence-corrected chi connectivity index (χ3v) is 1.62. The first-order valence-electron chi connectivity index (χ1n) is 5.40. The molecule has 0 bridgehead atoms. The molecule has 0 atom stereocenters. The van der Waals surface area contributed by atoms with Crippen molar-refractivity contribution >= 4 is 0 Å². The number of H-pyrrole nitrogens is 1. The Labute approximate surface area is 106 Å². The van der Waals surface area contributed by atoms with Crippen LogP contribution < -0.4 is 5.32 Å². The molecule has 1 aliphatic heterocycles. The number of hydrogen-bond donors (Lipinski definition) is 2. The zero-order valence-corrected chi connectivity index (χ0v) is 9.85. The first-order chi connectivity index (χ1) is 9.00. The molecule has 2 aromatic rings. The summed E-state index contributed by atoms with van der Waals surface area (Å²) in [6.45, 7) is 0. The van der Waals surface area contributed by atoms with Crippen LogP contribution >= 0.6 is 0 Å². The van der Waals surface area contributed by atoms with Gasteiger partial charge in [0.05, 0.1) is 6.20 Å². The monoisotopic (exact) mass is 241 g/mol. The molecule has 3 heterocycles. The van der Waals surface area contributed by atoms with Crippen LogP contribution in [-0.2, 0) is 0 Å². The van der Waals surface area contributed by atoms with Gasteiger partial charge in [0.2, 0.25) is 0 Å². The second-order valence-electron chi connectivity index (χ2n) is 2.95. The van der Waals surface area contributed by atoms with Crippen LogP contribution in [0.5, 0.6) is 0 Å². The molecule has 0 amide bonds. The average Bonchev–Trinajstić information content (AvgIpc) is 2.90. The summed E-state index contributed by atoms with van der Waals surface area (Å²) in [5.74, 6) is 0. The van der Waals surface area contributed by atoms with Gasteiger partial charge in [-0.2, -0.15) is 0 Å². The molecule has 3 rings (SSSR count). The van der Waals surface area contributed by atoms with E-state index in [1.54, 1.807) is 24.8 Å². The average molecular weight is 241 g/mol. The molecule has 0 radical (unpaired) electrons. The molecule has 0 saturated heterocycles. The van der Waals surface area contributed by atoms with E-state index in [9.17, 15) is 0 Å². The summed E-state index contributed by atoms with van der Waals surface area (Å²) in [5, 5.41) is 12.2. The first kappa shape index (κ1) is 13.4. The van der Waals surface area contributed by atoms with Gasteiger partial charge in [-0.15, -0.1) is 5.10 Å². The highest BCUT2D eigenvalue weighted by atomic mass is 15.3. The molecular weight excluding hydrogens is 226 g/mol. The lowest BCUT2D eigenvalue weighted by atomic mass is 10.5. The lowest BCUT2D eigenvalue weighted by Crippen LogP contribution is -1.87. The molecule has 0 unspecified atom stereocenters. The van der Waals surface area contributed by atoms with Crippen LogP contribution in [0.25, 0.3) is 0 Å². The van der Waals surface area contributed by atoms with E-state index in [4.69, 9.17) is 0 Å². The van der Waals surface area contributed by atoms with Crippen molar-refractivity contribution in [1.82, 2.24) is 25.7 Å². The number of hydrogen-bond acceptors (Lipinski definition) is 4. The number of pyridine rings is 1. The summed E-state index contributed by atoms with van der Waals surface area (Å²) < 4.78 is 0. The Morgan fingerprint density at radius 2 is 1.44 bits per heavy atom. The van der Waals surface area contributed by atoms with E-state index in [0.29, 0.717) is 0 Å². The summed E-state index contributed by atoms with van der Waals surface area (Å²) in [4.78, 5) is 3.78. The van der Waals surface area contributed by atoms with Crippen molar-refractivity contribution in [2.45, 2.75) is 0 Å². The fourth-order valence-corrected chi connectivity index (χ4v) is 0.885. The number of allylic oxidation sites excluding steroid dienone is 4. The summed E-state index contributed by atoms with van der Waals surface area (Å²) in [5.41, 5.74) is 0. The number of aromatic amines is 1. The Hall–Kier alpha value is -2.69. The minimum Gasteiger partial charge on any atom is -0.368 e. The predicted molar refractivity (Wildman–Crippen MR) is 71.2 cm³/mol. The van der Waals surface area contributed by atoms with Crippen LogP contribution in [0, 0.1) is 0 Å². The summed E-state index contributed by atoms with van der Waals surface area (Å²) in [6.07, 6.45) is 18.3. The molecule has 0 aliphatic carbocycles. The normalized spacial score (nSPS) is 11.1. The van der Waals surface area contributed by atoms with E-state index in [-0.39, 0.29) is 0 Å². The fourth-order valence-electron chi connectivity index (χ4n) is 0.885. The summed E-state index contributed by atoms with van der Waals surface area (Å²) in [7, 11) is 0. The number of nitrogens with zero attached hydrogens (tertiary/aromatic N) is 3. The molecule has 92 valence electrons. The highest BCUT2D eigenvalue weighted by Gasteiger charge is 1.67. The first-order valence-corrected chi connectivity index (χ1v) is 5.40. The van der Waals surface area contributed by atoms with Gasteiger partial charge in [0.15, 0.2) is 0 Å². The third kappa shape index (κ3) is 8.60. The Morgan fingerprint density at radius 3 is 1.78 bits per heavy atom. The SMILES string of the molecule is C1=CC=CNC=C1.c1c[nH]nn1.c1ccncc1. The standard InChI is InChI=1S/C6H7N.C5H5N.C2H3N3/c1-2-4-6-7-5-3-1;1-2-4-6-5-3-1;1-2-4-5-3-1/h1-7H;1-5H;1-2H,(H,3,4,5). The lowest BCUT2D eigenvalue weighted by Gasteiger charge is -1.79. The molecule has 0 fully saturated rings. The van der Waals surface area contributed by atoms with Crippen molar-refractivity contribution in [3.63, 3.8) is 0 Å². The van der Waals surface area contributed by atoms with Crippen molar-refractivity contribution in [3.05, 3.63) is 79.7 Å². The van der Waals surface area contributed by atoms with Crippen LogP contribution in [0.4, 0.5) is 0 Å². The van der Waals surface area contributed by atoms with Gasteiger partial charge < -0.3 is 5.32 Å². The molecule has 5 heteroatoms. The number of rotatable bonds is 0. The molecule has 1 aliphatic rings. The lowest BCUT2D eigenvalue weighted by molar-refractivity contribution is 0.940. The van der Waals surface area contributed by atoms with Crippen LogP contribution in [0.2, 0.25) is 0 Å². The highest BCUT2D eigenvalue weighted by Crippen LogP contribution is 1.81. The minimum absolute atomic E-state index is 1.58. The Balaban J connectivity index is 0.000000137. The van der Waals surface area contributed by atoms with Crippen LogP contribution in [0.15, 0.2) is 79.7 Å². The Bertz CT molecular complexity index is 388. The zero-order valence-electron chi connectivity index (χ0n) is 9.85. The summed E-state index contributed by atoms with van der Waals surface area (Å²) in [6, 6.07) is 5.72. The fraction of sp³-hybridized carbons (Fsp3) is 0. The maximum absolute atomic E-state index is 3.78. The van der Waals surface area contributed by atoms with Gasteiger partial charge in [-0.3, -0.25) is 10.1 Å². The van der Waals surface area contributed by atoms with Crippen molar-refractivity contribution in [2.75, 3.05) is 0 Å². The maximum Gasteiger partial charge on any atom is 0.0690 e. The number of nitrogens with one attached hydrogen (secondary N) is 2. The largest absolute Gasteiger partial charge is 0.368 e. The van der Waals surface area contributed by atoms with Gasteiger partial charge in [-0.25, -0.2) is 0 Å². The maximum atomic E-state index is 3.78. The highest BCUT2D eigenvalue weighted by molar-refractivity contribution is 5.14. The van der Waals surface area contributed by atoms with E-state index in [2.05, 4.69) is 25.7 Å². The van der Waals surface area contributed by atoms with E-state index in [0.717, 1.165) is 0 Å². The van der Waals surface area contributed by atoms with Gasteiger partial charge >= 0.3 is 0 Å². The van der Waals surface area contributed by atoms with Gasteiger partial charge in [0, 0.05) is 31.0 Å². The van der Waals surface area contributed by atoms with E-state index >= 15 is 0 Å². The van der Waals surface area contributed by atoms with Crippen LogP contribution in [0.1, 0.15) is 0 Å². The predicted octanol–water partition coefficient (Wildman–Crippen LogP) is 2.06. The Morgan fingerprint density at radius 1 is 0.722 bits per heavy atom. The molecular formula is C13H15N5. The van der Waals surface area contributed by atoms with E-state index < -0.39 is 0 Å². The minimum atomic E-state index is 1.58. The summed E-state index contributed by atoms with van der Waals surface area (Å²) >= 11 is 0. The van der Waals surface area contributed by atoms with Crippen molar-refractivity contribution in [3.8, 4) is 0 Å². The number of aromatic nitrogens is 4. The van der Waals surface area contributed by atoms with Gasteiger partial charge in [-0.1, -0.05) is 23.4 Å². The second-order valence-corrected chi connectivity index (χ2v) is 2.95. The van der Waals surface area contributed by atoms with Gasteiger partial charge in [0.1, 0.15) is 0 Å². The molecule has 0 aromatic carbocycles. The Kier molecular flexibility index (Phi) is 8.04. The molecule has 2 N–H and O–H groups in total. The van der Waals surface area contributed by atoms with Crippen molar-refractivity contribution in [1.29, 1.82) is 0 Å². The second kappa shape index (κ2) is 10.8. The van der Waals surface area contributed by atoms with Gasteiger partial charge in [-0.05, 0) is 24.3 Å². The molecule has 5 nitrogen and oxygen atoms in total.